The summed E-state index contributed by atoms with van der Waals surface area (Å²) < 4.78 is 0. The minimum absolute atomic E-state index is 0.269. The van der Waals surface area contributed by atoms with Gasteiger partial charge in [0, 0.05) is 7.05 Å². The van der Waals surface area contributed by atoms with Crippen LogP contribution >= 0.6 is 0 Å². The Bertz CT molecular complexity index is 295. The summed E-state index contributed by atoms with van der Waals surface area (Å²) in [7, 11) is 1.29. The van der Waals surface area contributed by atoms with Crippen LogP contribution in [0.1, 0.15) is 0 Å². The molecule has 0 unspecified atom stereocenters. The maximum Gasteiger partial charge on any atom is 0.352 e. The van der Waals surface area contributed by atoms with Gasteiger partial charge < -0.3 is 5.73 Å². The maximum absolute atomic E-state index is 10.8. The number of rotatable bonds is 1. The Morgan fingerprint density at radius 2 is 2.08 bits per heavy atom. The van der Waals surface area contributed by atoms with Gasteiger partial charge in [0.25, 0.3) is 0 Å². The highest BCUT2D eigenvalue weighted by atomic mass is 16.3. The second-order valence-electron chi connectivity index (χ2n) is 2.08. The molecule has 0 aromatic heterocycles. The first-order valence-corrected chi connectivity index (χ1v) is 2.94. The SMILES string of the molecule is CN1C(=O)[N]C(=O)C(N=O)=C1N. The highest BCUT2D eigenvalue weighted by Crippen LogP contribution is 2.11. The van der Waals surface area contributed by atoms with Crippen LogP contribution in [0, 0.1) is 4.91 Å². The van der Waals surface area contributed by atoms with Gasteiger partial charge in [-0.1, -0.05) is 0 Å². The fourth-order valence-corrected chi connectivity index (χ4v) is 0.672. The lowest BCUT2D eigenvalue weighted by Crippen LogP contribution is -2.44. The Morgan fingerprint density at radius 1 is 1.50 bits per heavy atom. The number of carbonyl (C=O) groups is 2. The summed E-state index contributed by atoms with van der Waals surface area (Å²) in [5, 5.41) is 5.34. The van der Waals surface area contributed by atoms with Crippen molar-refractivity contribution < 1.29 is 9.59 Å². The van der Waals surface area contributed by atoms with Crippen molar-refractivity contribution in [2.45, 2.75) is 0 Å². The summed E-state index contributed by atoms with van der Waals surface area (Å²) in [4.78, 5) is 32.4. The second-order valence-corrected chi connectivity index (χ2v) is 2.08. The number of nitrogens with two attached hydrogens (primary N) is 1. The molecule has 0 aromatic rings. The van der Waals surface area contributed by atoms with E-state index in [4.69, 9.17) is 5.73 Å². The molecule has 0 aromatic carbocycles. The van der Waals surface area contributed by atoms with Crippen LogP contribution in [0.4, 0.5) is 4.79 Å². The van der Waals surface area contributed by atoms with E-state index in [0.717, 1.165) is 4.90 Å². The third-order valence-corrected chi connectivity index (χ3v) is 1.38. The predicted octanol–water partition coefficient (Wildman–Crippen LogP) is -0.923. The average Bonchev–Trinajstić information content (AvgIpc) is 2.01. The molecule has 1 heterocycles. The average molecular weight is 169 g/mol. The molecule has 63 valence electrons. The molecule has 1 aliphatic rings. The van der Waals surface area contributed by atoms with Crippen LogP contribution in [-0.2, 0) is 4.79 Å². The van der Waals surface area contributed by atoms with Crippen molar-refractivity contribution in [2.24, 2.45) is 10.9 Å². The fraction of sp³-hybridized carbons (Fsp3) is 0.200. The molecule has 0 bridgehead atoms. The molecule has 1 radical (unpaired) electrons. The smallest absolute Gasteiger partial charge is 0.352 e. The molecule has 7 nitrogen and oxygen atoms in total. The Balaban J connectivity index is 3.16. The normalized spacial score (nSPS) is 17.9. The quantitative estimate of drug-likeness (QED) is 0.512. The standard InChI is InChI=1S/C5H5N4O3/c1-9-3(6)2(8-12)4(10)7-5(9)11/h6H2,1H3. The Labute approximate surface area is 67.2 Å². The van der Waals surface area contributed by atoms with Gasteiger partial charge >= 0.3 is 11.9 Å². The number of nitroso groups, excluding NO2 is 1. The first-order valence-electron chi connectivity index (χ1n) is 2.94. The maximum atomic E-state index is 10.8. The van der Waals surface area contributed by atoms with Crippen molar-refractivity contribution in [3.63, 3.8) is 0 Å². The monoisotopic (exact) mass is 169 g/mol. The lowest BCUT2D eigenvalue weighted by molar-refractivity contribution is -0.117. The molecular formula is C5H5N4O3. The molecule has 0 saturated carbocycles. The molecule has 3 amide bonds. The molecule has 0 fully saturated rings. The van der Waals surface area contributed by atoms with Gasteiger partial charge in [0.15, 0.2) is 0 Å². The lowest BCUT2D eigenvalue weighted by atomic mass is 10.3. The molecule has 0 saturated heterocycles. The molecule has 0 spiro atoms. The van der Waals surface area contributed by atoms with Gasteiger partial charge in [-0.15, -0.1) is 4.91 Å². The summed E-state index contributed by atoms with van der Waals surface area (Å²) in [6.45, 7) is 0. The predicted molar refractivity (Wildman–Crippen MR) is 37.3 cm³/mol. The van der Waals surface area contributed by atoms with E-state index < -0.39 is 17.6 Å². The Hall–Kier alpha value is -1.92. The van der Waals surface area contributed by atoms with Crippen molar-refractivity contribution >= 4 is 11.9 Å². The minimum Gasteiger partial charge on any atom is -0.383 e. The molecule has 1 rings (SSSR count). The topological polar surface area (TPSA) is 107 Å². The van der Waals surface area contributed by atoms with E-state index in [1.54, 1.807) is 0 Å². The number of amides is 3. The summed E-state index contributed by atoms with van der Waals surface area (Å²) in [6, 6.07) is -0.801. The molecule has 12 heavy (non-hydrogen) atoms. The van der Waals surface area contributed by atoms with Crippen LogP contribution in [-0.4, -0.2) is 23.9 Å². The highest BCUT2D eigenvalue weighted by molar-refractivity contribution is 6.06. The highest BCUT2D eigenvalue weighted by Gasteiger charge is 2.30. The van der Waals surface area contributed by atoms with Crippen LogP contribution in [0.5, 0.6) is 0 Å². The zero-order valence-electron chi connectivity index (χ0n) is 6.14. The number of urea groups is 1. The van der Waals surface area contributed by atoms with Crippen LogP contribution < -0.4 is 11.1 Å². The zero-order chi connectivity index (χ0) is 9.30. The molecule has 0 atom stereocenters. The zero-order valence-corrected chi connectivity index (χ0v) is 6.14. The van der Waals surface area contributed by atoms with E-state index in [-0.39, 0.29) is 5.82 Å². The van der Waals surface area contributed by atoms with Crippen molar-refractivity contribution in [1.82, 2.24) is 10.2 Å². The Morgan fingerprint density at radius 3 is 2.58 bits per heavy atom. The van der Waals surface area contributed by atoms with Gasteiger partial charge in [0.1, 0.15) is 5.82 Å². The van der Waals surface area contributed by atoms with Crippen LogP contribution in [0.3, 0.4) is 0 Å². The number of imide groups is 1. The van der Waals surface area contributed by atoms with Crippen molar-refractivity contribution in [2.75, 3.05) is 7.05 Å². The number of hydrogen-bond donors (Lipinski definition) is 1. The van der Waals surface area contributed by atoms with Crippen molar-refractivity contribution in [3.05, 3.63) is 16.4 Å². The van der Waals surface area contributed by atoms with Crippen molar-refractivity contribution in [3.8, 4) is 0 Å². The van der Waals surface area contributed by atoms with E-state index in [9.17, 15) is 14.5 Å². The molecule has 0 aliphatic carbocycles. The van der Waals surface area contributed by atoms with Gasteiger partial charge in [-0.2, -0.15) is 5.32 Å². The first kappa shape index (κ1) is 8.18. The van der Waals surface area contributed by atoms with Gasteiger partial charge in [-0.25, -0.2) is 4.79 Å². The molecule has 1 aliphatic heterocycles. The van der Waals surface area contributed by atoms with E-state index in [1.807, 2.05) is 0 Å². The van der Waals surface area contributed by atoms with Gasteiger partial charge in [-0.3, -0.25) is 9.69 Å². The molecule has 7 heteroatoms. The summed E-state index contributed by atoms with van der Waals surface area (Å²) >= 11 is 0. The Kier molecular flexibility index (Phi) is 1.78. The largest absolute Gasteiger partial charge is 0.383 e. The summed E-state index contributed by atoms with van der Waals surface area (Å²) in [5.41, 5.74) is 4.69. The van der Waals surface area contributed by atoms with Gasteiger partial charge in [0.05, 0.1) is 0 Å². The lowest BCUT2D eigenvalue weighted by Gasteiger charge is -2.20. The van der Waals surface area contributed by atoms with Gasteiger partial charge in [0.2, 0.25) is 5.70 Å². The van der Waals surface area contributed by atoms with Crippen LogP contribution in [0.25, 0.3) is 0 Å². The summed E-state index contributed by atoms with van der Waals surface area (Å²) in [6.07, 6.45) is 0. The van der Waals surface area contributed by atoms with Crippen LogP contribution in [0.15, 0.2) is 16.7 Å². The van der Waals surface area contributed by atoms with E-state index in [0.29, 0.717) is 0 Å². The second kappa shape index (κ2) is 2.61. The first-order chi connectivity index (χ1) is 5.57. The van der Waals surface area contributed by atoms with Crippen LogP contribution in [0.2, 0.25) is 0 Å². The van der Waals surface area contributed by atoms with E-state index >= 15 is 0 Å². The van der Waals surface area contributed by atoms with E-state index in [1.165, 1.54) is 7.05 Å². The molecular weight excluding hydrogens is 164 g/mol. The fourth-order valence-electron chi connectivity index (χ4n) is 0.672. The van der Waals surface area contributed by atoms with Crippen molar-refractivity contribution in [1.29, 1.82) is 0 Å². The molecule has 2 N–H and O–H groups in total. The summed E-state index contributed by atoms with van der Waals surface area (Å²) in [5.74, 6) is -1.26. The van der Waals surface area contributed by atoms with Gasteiger partial charge in [-0.05, 0) is 5.18 Å². The van der Waals surface area contributed by atoms with E-state index in [2.05, 4.69) is 10.5 Å². The number of hydrogen-bond acceptors (Lipinski definition) is 5. The third-order valence-electron chi connectivity index (χ3n) is 1.38. The number of nitrogens with zero attached hydrogens (tertiary/aromatic N) is 3. The number of carbonyl (C=O) groups excluding carboxylic acids is 2. The minimum atomic E-state index is -0.995. The third kappa shape index (κ3) is 1.00.